The Bertz CT molecular complexity index is 808. The highest BCUT2D eigenvalue weighted by atomic mass is 15.3. The number of rotatable bonds is 4. The molecule has 2 fully saturated rings. The SMILES string of the molecule is c1cn2nc1CN(CC1CCCCN1)CCCCCCN(CC1CCCCN1)Cc1ccn(n1)CC2. The van der Waals surface area contributed by atoms with E-state index in [-0.39, 0.29) is 0 Å². The van der Waals surface area contributed by atoms with E-state index in [1.807, 2.05) is 0 Å². The van der Waals surface area contributed by atoms with Crippen LogP contribution >= 0.6 is 0 Å². The van der Waals surface area contributed by atoms with Crippen molar-refractivity contribution < 1.29 is 0 Å². The monoisotopic (exact) mass is 496 g/mol. The van der Waals surface area contributed by atoms with E-state index in [0.29, 0.717) is 12.1 Å². The van der Waals surface area contributed by atoms with Gasteiger partial charge in [0.2, 0.25) is 0 Å². The van der Waals surface area contributed by atoms with Gasteiger partial charge in [-0.3, -0.25) is 19.2 Å². The van der Waals surface area contributed by atoms with Crippen LogP contribution in [0.25, 0.3) is 0 Å². The molecular weight excluding hydrogens is 448 g/mol. The number of nitrogens with one attached hydrogen (secondary N) is 2. The highest BCUT2D eigenvalue weighted by Crippen LogP contribution is 2.15. The smallest absolute Gasteiger partial charge is 0.0764 e. The van der Waals surface area contributed by atoms with E-state index in [9.17, 15) is 0 Å². The third kappa shape index (κ3) is 8.13. The van der Waals surface area contributed by atoms with Gasteiger partial charge in [0, 0.05) is 50.7 Å². The molecule has 8 heteroatoms. The molecule has 2 N–H and O–H groups in total. The molecule has 0 aliphatic carbocycles. The average molecular weight is 497 g/mol. The molecule has 4 bridgehead atoms. The topological polar surface area (TPSA) is 66.2 Å². The van der Waals surface area contributed by atoms with Crippen molar-refractivity contribution >= 4 is 0 Å². The second kappa shape index (κ2) is 13.7. The maximum Gasteiger partial charge on any atom is 0.0764 e. The van der Waals surface area contributed by atoms with Crippen LogP contribution in [0, 0.1) is 0 Å². The molecule has 200 valence electrons. The van der Waals surface area contributed by atoms with E-state index >= 15 is 0 Å². The Morgan fingerprint density at radius 2 is 1.11 bits per heavy atom. The second-order valence-electron chi connectivity index (χ2n) is 11.3. The largest absolute Gasteiger partial charge is 0.313 e. The van der Waals surface area contributed by atoms with E-state index in [0.717, 1.165) is 39.3 Å². The summed E-state index contributed by atoms with van der Waals surface area (Å²) in [7, 11) is 0. The third-order valence-electron chi connectivity index (χ3n) is 8.20. The van der Waals surface area contributed by atoms with Crippen LogP contribution in [0.1, 0.15) is 75.6 Å². The number of aryl methyl sites for hydroxylation is 2. The summed E-state index contributed by atoms with van der Waals surface area (Å²) in [5.74, 6) is 0. The fraction of sp³-hybridized carbons (Fsp3) is 0.786. The van der Waals surface area contributed by atoms with Crippen molar-refractivity contribution in [3.05, 3.63) is 35.9 Å². The quantitative estimate of drug-likeness (QED) is 0.678. The summed E-state index contributed by atoms with van der Waals surface area (Å²) in [5, 5.41) is 17.3. The van der Waals surface area contributed by atoms with Crippen LogP contribution in [0.2, 0.25) is 0 Å². The standard InChI is InChI=1S/C28H48N8/c1-2-8-16-34(22-26-10-4-6-14-30-26)24-28-12-18-36(32-28)20-19-35-17-11-27(31-35)23-33(15-7-1)21-25-9-3-5-13-29-25/h11-12,17-18,25-26,29-30H,1-10,13-16,19-24H2. The number of hydrogen-bond donors (Lipinski definition) is 2. The van der Waals surface area contributed by atoms with Gasteiger partial charge in [-0.25, -0.2) is 0 Å². The predicted molar refractivity (Wildman–Crippen MR) is 145 cm³/mol. The number of aromatic nitrogens is 4. The summed E-state index contributed by atoms with van der Waals surface area (Å²) in [6.07, 6.45) is 17.5. The van der Waals surface area contributed by atoms with Crippen molar-refractivity contribution in [2.24, 2.45) is 0 Å². The molecule has 5 heterocycles. The van der Waals surface area contributed by atoms with E-state index < -0.39 is 0 Å². The molecule has 36 heavy (non-hydrogen) atoms. The molecule has 5 rings (SSSR count). The number of hydrogen-bond acceptors (Lipinski definition) is 6. The van der Waals surface area contributed by atoms with Crippen LogP contribution < -0.4 is 10.6 Å². The summed E-state index contributed by atoms with van der Waals surface area (Å²) in [6, 6.07) is 5.69. The van der Waals surface area contributed by atoms with Gasteiger partial charge < -0.3 is 10.6 Å². The Labute approximate surface area is 217 Å². The number of fused-ring (bicyclic) bond motifs is 4. The van der Waals surface area contributed by atoms with Crippen LogP contribution in [0.4, 0.5) is 0 Å². The summed E-state index contributed by atoms with van der Waals surface area (Å²) >= 11 is 0. The summed E-state index contributed by atoms with van der Waals surface area (Å²) in [6.45, 7) is 10.6. The molecule has 3 aliphatic rings. The Balaban J connectivity index is 1.23. The first-order chi connectivity index (χ1) is 17.8. The van der Waals surface area contributed by atoms with E-state index in [2.05, 4.69) is 54.3 Å². The molecule has 3 aliphatic heterocycles. The zero-order valence-corrected chi connectivity index (χ0v) is 22.3. The molecule has 0 spiro atoms. The minimum absolute atomic E-state index is 0.634. The molecule has 0 aromatic carbocycles. The van der Waals surface area contributed by atoms with Crippen molar-refractivity contribution in [2.45, 2.75) is 102 Å². The predicted octanol–water partition coefficient (Wildman–Crippen LogP) is 3.24. The first-order valence-corrected chi connectivity index (χ1v) is 14.8. The maximum absolute atomic E-state index is 4.92. The van der Waals surface area contributed by atoms with Gasteiger partial charge >= 0.3 is 0 Å². The van der Waals surface area contributed by atoms with Gasteiger partial charge in [0.25, 0.3) is 0 Å². The zero-order chi connectivity index (χ0) is 24.4. The molecule has 0 radical (unpaired) electrons. The molecule has 2 saturated heterocycles. The maximum atomic E-state index is 4.92. The van der Waals surface area contributed by atoms with E-state index in [1.165, 1.54) is 102 Å². The normalized spacial score (nSPS) is 26.3. The van der Waals surface area contributed by atoms with Gasteiger partial charge in [-0.2, -0.15) is 10.2 Å². The van der Waals surface area contributed by atoms with Gasteiger partial charge in [0.15, 0.2) is 0 Å². The Morgan fingerprint density at radius 3 is 1.56 bits per heavy atom. The van der Waals surface area contributed by atoms with Gasteiger partial charge in [0.1, 0.15) is 0 Å². The zero-order valence-electron chi connectivity index (χ0n) is 22.3. The first-order valence-electron chi connectivity index (χ1n) is 14.8. The van der Waals surface area contributed by atoms with Gasteiger partial charge in [-0.05, 0) is 76.8 Å². The van der Waals surface area contributed by atoms with Gasteiger partial charge in [-0.15, -0.1) is 0 Å². The van der Waals surface area contributed by atoms with Crippen LogP contribution in [0.3, 0.4) is 0 Å². The summed E-state index contributed by atoms with van der Waals surface area (Å²) < 4.78 is 4.19. The van der Waals surface area contributed by atoms with Crippen molar-refractivity contribution in [1.82, 2.24) is 40.0 Å². The highest BCUT2D eigenvalue weighted by Gasteiger charge is 2.19. The summed E-state index contributed by atoms with van der Waals surface area (Å²) in [5.41, 5.74) is 2.39. The fourth-order valence-corrected chi connectivity index (χ4v) is 6.17. The van der Waals surface area contributed by atoms with E-state index in [4.69, 9.17) is 10.2 Å². The van der Waals surface area contributed by atoms with Crippen LogP contribution in [-0.4, -0.2) is 80.7 Å². The minimum Gasteiger partial charge on any atom is -0.313 e. The Hall–Kier alpha value is -1.74. The van der Waals surface area contributed by atoms with Gasteiger partial charge in [0.05, 0.1) is 24.5 Å². The van der Waals surface area contributed by atoms with Crippen molar-refractivity contribution in [3.8, 4) is 0 Å². The van der Waals surface area contributed by atoms with Gasteiger partial charge in [-0.1, -0.05) is 25.7 Å². The molecular formula is C28H48N8. The first kappa shape index (κ1) is 25.9. The van der Waals surface area contributed by atoms with E-state index in [1.54, 1.807) is 0 Å². The third-order valence-corrected chi connectivity index (χ3v) is 8.20. The van der Waals surface area contributed by atoms with Crippen LogP contribution in [-0.2, 0) is 26.2 Å². The lowest BCUT2D eigenvalue weighted by molar-refractivity contribution is 0.203. The molecule has 0 saturated carbocycles. The van der Waals surface area contributed by atoms with Crippen LogP contribution in [0.15, 0.2) is 24.5 Å². The minimum atomic E-state index is 0.634. The highest BCUT2D eigenvalue weighted by molar-refractivity contribution is 5.01. The fourth-order valence-electron chi connectivity index (χ4n) is 6.17. The lowest BCUT2D eigenvalue weighted by Gasteiger charge is -2.31. The lowest BCUT2D eigenvalue weighted by Crippen LogP contribution is -2.44. The number of nitrogens with zero attached hydrogens (tertiary/aromatic N) is 6. The second-order valence-corrected chi connectivity index (χ2v) is 11.3. The average Bonchev–Trinajstić information content (AvgIpc) is 3.54. The van der Waals surface area contributed by atoms with Crippen molar-refractivity contribution in [2.75, 3.05) is 39.3 Å². The Morgan fingerprint density at radius 1 is 0.611 bits per heavy atom. The molecule has 2 aromatic rings. The van der Waals surface area contributed by atoms with Crippen molar-refractivity contribution in [3.63, 3.8) is 0 Å². The molecule has 8 nitrogen and oxygen atoms in total. The Kier molecular flexibility index (Phi) is 9.85. The molecule has 2 aromatic heterocycles. The lowest BCUT2D eigenvalue weighted by atomic mass is 10.0. The van der Waals surface area contributed by atoms with Crippen molar-refractivity contribution in [1.29, 1.82) is 0 Å². The molecule has 0 amide bonds. The molecule has 2 atom stereocenters. The molecule has 2 unspecified atom stereocenters. The summed E-state index contributed by atoms with van der Waals surface area (Å²) in [4.78, 5) is 5.30. The number of piperidine rings is 2. The van der Waals surface area contributed by atoms with Crippen LogP contribution in [0.5, 0.6) is 0 Å².